The van der Waals surface area contributed by atoms with Crippen LogP contribution in [0.1, 0.15) is 28.7 Å². The number of rotatable bonds is 4. The number of fused-ring (bicyclic) bond motifs is 1. The Labute approximate surface area is 152 Å². The minimum absolute atomic E-state index is 0.0943. The lowest BCUT2D eigenvalue weighted by molar-refractivity contribution is -0.384. The molecule has 0 saturated carbocycles. The number of carbonyl (C=O) groups is 1. The first-order chi connectivity index (χ1) is 11.9. The topological polar surface area (TPSA) is 89.5 Å². The van der Waals surface area contributed by atoms with Gasteiger partial charge in [0.25, 0.3) is 11.6 Å². The van der Waals surface area contributed by atoms with Gasteiger partial charge in [-0.1, -0.05) is 13.0 Å². The zero-order valence-corrected chi connectivity index (χ0v) is 15.2. The summed E-state index contributed by atoms with van der Waals surface area (Å²) in [6, 6.07) is 8.01. The summed E-state index contributed by atoms with van der Waals surface area (Å²) in [7, 11) is 0. The van der Waals surface area contributed by atoms with Crippen molar-refractivity contribution in [2.75, 3.05) is 5.32 Å². The number of anilines is 1. The van der Waals surface area contributed by atoms with E-state index in [0.717, 1.165) is 11.2 Å². The zero-order chi connectivity index (χ0) is 18.1. The van der Waals surface area contributed by atoms with Crippen LogP contribution in [0.2, 0.25) is 0 Å². The fourth-order valence-corrected chi connectivity index (χ4v) is 2.99. The van der Waals surface area contributed by atoms with Crippen LogP contribution in [-0.2, 0) is 6.42 Å². The number of pyridine rings is 1. The third-order valence-electron chi connectivity index (χ3n) is 3.88. The Hall–Kier alpha value is -2.74. The minimum Gasteiger partial charge on any atom is -0.319 e. The molecule has 0 spiro atoms. The Morgan fingerprint density at radius 2 is 2.16 bits per heavy atom. The second-order valence-corrected chi connectivity index (χ2v) is 6.38. The van der Waals surface area contributed by atoms with E-state index in [4.69, 9.17) is 0 Å². The Balaban J connectivity index is 2.05. The number of benzene rings is 1. The quantitative estimate of drug-likeness (QED) is 0.524. The molecule has 0 atom stereocenters. The van der Waals surface area contributed by atoms with E-state index in [-0.39, 0.29) is 11.6 Å². The number of nitrogens with zero attached hydrogens (tertiary/aromatic N) is 3. The first-order valence-electron chi connectivity index (χ1n) is 7.64. The molecule has 1 aromatic carbocycles. The molecule has 2 heterocycles. The predicted molar refractivity (Wildman–Crippen MR) is 98.1 cm³/mol. The molecule has 1 amide bonds. The van der Waals surface area contributed by atoms with Crippen LogP contribution in [0.3, 0.4) is 0 Å². The van der Waals surface area contributed by atoms with Gasteiger partial charge in [-0.15, -0.1) is 0 Å². The highest BCUT2D eigenvalue weighted by Gasteiger charge is 2.20. The van der Waals surface area contributed by atoms with E-state index in [1.165, 1.54) is 18.2 Å². The monoisotopic (exact) mass is 402 g/mol. The third-order valence-corrected chi connectivity index (χ3v) is 4.57. The second-order valence-electron chi connectivity index (χ2n) is 5.52. The van der Waals surface area contributed by atoms with E-state index in [1.807, 2.05) is 26.0 Å². The second kappa shape index (κ2) is 6.64. The van der Waals surface area contributed by atoms with E-state index in [2.05, 4.69) is 26.2 Å². The summed E-state index contributed by atoms with van der Waals surface area (Å²) < 4.78 is 2.31. The van der Waals surface area contributed by atoms with Crippen LogP contribution < -0.4 is 5.32 Å². The maximum Gasteiger partial charge on any atom is 0.274 e. The van der Waals surface area contributed by atoms with Gasteiger partial charge in [-0.2, -0.15) is 0 Å². The van der Waals surface area contributed by atoms with Crippen molar-refractivity contribution in [2.45, 2.75) is 20.3 Å². The Morgan fingerprint density at radius 1 is 1.40 bits per heavy atom. The fourth-order valence-electron chi connectivity index (χ4n) is 2.64. The zero-order valence-electron chi connectivity index (χ0n) is 13.6. The number of nitrogens with one attached hydrogen (secondary N) is 1. The molecular formula is C17H15BrN4O3. The van der Waals surface area contributed by atoms with Gasteiger partial charge in [0.1, 0.15) is 11.3 Å². The molecule has 0 radical (unpaired) electrons. The fraction of sp³-hybridized carbons (Fsp3) is 0.176. The smallest absolute Gasteiger partial charge is 0.274 e. The third kappa shape index (κ3) is 3.12. The van der Waals surface area contributed by atoms with E-state index >= 15 is 0 Å². The number of nitro groups is 1. The lowest BCUT2D eigenvalue weighted by atomic mass is 10.2. The van der Waals surface area contributed by atoms with Gasteiger partial charge in [0.15, 0.2) is 0 Å². The van der Waals surface area contributed by atoms with Crippen molar-refractivity contribution < 1.29 is 9.72 Å². The lowest BCUT2D eigenvalue weighted by Crippen LogP contribution is -2.16. The molecule has 8 heteroatoms. The lowest BCUT2D eigenvalue weighted by Gasteiger charge is -2.08. The van der Waals surface area contributed by atoms with Gasteiger partial charge in [0.05, 0.1) is 16.3 Å². The van der Waals surface area contributed by atoms with Crippen molar-refractivity contribution in [3.05, 3.63) is 68.1 Å². The standard InChI is InChI=1S/C17H15BrN4O3/c1-3-13-15(21-8-4-5-10(2)16(21)19-13)17(23)20-14-9-11(22(24)25)6-7-12(14)18/h4-9H,3H2,1-2H3,(H,20,23). The normalized spacial score (nSPS) is 10.8. The highest BCUT2D eigenvalue weighted by molar-refractivity contribution is 9.10. The number of imidazole rings is 1. The minimum atomic E-state index is -0.503. The Kier molecular flexibility index (Phi) is 4.54. The van der Waals surface area contributed by atoms with Crippen molar-refractivity contribution in [3.63, 3.8) is 0 Å². The summed E-state index contributed by atoms with van der Waals surface area (Å²) in [4.78, 5) is 27.8. The molecule has 0 bridgehead atoms. The largest absolute Gasteiger partial charge is 0.319 e. The summed E-state index contributed by atoms with van der Waals surface area (Å²) >= 11 is 3.31. The maximum absolute atomic E-state index is 12.9. The summed E-state index contributed by atoms with van der Waals surface area (Å²) in [5, 5.41) is 13.7. The molecule has 0 aliphatic heterocycles. The number of amides is 1. The summed E-state index contributed by atoms with van der Waals surface area (Å²) in [6.45, 7) is 3.86. The van der Waals surface area contributed by atoms with E-state index in [9.17, 15) is 14.9 Å². The molecular weight excluding hydrogens is 388 g/mol. The number of carbonyl (C=O) groups excluding carboxylic acids is 1. The summed E-state index contributed by atoms with van der Waals surface area (Å²) in [5.74, 6) is -0.365. The van der Waals surface area contributed by atoms with Crippen molar-refractivity contribution in [2.24, 2.45) is 0 Å². The van der Waals surface area contributed by atoms with Crippen LogP contribution in [-0.4, -0.2) is 20.2 Å². The van der Waals surface area contributed by atoms with Crippen LogP contribution in [0.15, 0.2) is 41.0 Å². The molecule has 1 N–H and O–H groups in total. The van der Waals surface area contributed by atoms with Crippen molar-refractivity contribution in [3.8, 4) is 0 Å². The number of halogens is 1. The molecule has 0 fully saturated rings. The van der Waals surface area contributed by atoms with Gasteiger partial charge in [-0.3, -0.25) is 19.3 Å². The first kappa shape index (κ1) is 17.1. The average molecular weight is 403 g/mol. The number of aromatic nitrogens is 2. The van der Waals surface area contributed by atoms with Crippen LogP contribution in [0.25, 0.3) is 5.65 Å². The van der Waals surface area contributed by atoms with Crippen molar-refractivity contribution in [1.29, 1.82) is 0 Å². The SMILES string of the molecule is CCc1nc2c(C)cccn2c1C(=O)Nc1cc([N+](=O)[O-])ccc1Br. The molecule has 128 valence electrons. The molecule has 25 heavy (non-hydrogen) atoms. The van der Waals surface area contributed by atoms with Crippen LogP contribution in [0, 0.1) is 17.0 Å². The van der Waals surface area contributed by atoms with E-state index in [0.29, 0.717) is 28.0 Å². The Bertz CT molecular complexity index is 997. The number of hydrogen-bond acceptors (Lipinski definition) is 4. The number of aryl methyl sites for hydroxylation is 2. The molecule has 2 aromatic heterocycles. The van der Waals surface area contributed by atoms with E-state index < -0.39 is 4.92 Å². The van der Waals surface area contributed by atoms with E-state index in [1.54, 1.807) is 10.6 Å². The first-order valence-corrected chi connectivity index (χ1v) is 8.43. The van der Waals surface area contributed by atoms with Crippen LogP contribution in [0.4, 0.5) is 11.4 Å². The van der Waals surface area contributed by atoms with Gasteiger partial charge >= 0.3 is 0 Å². The van der Waals surface area contributed by atoms with Gasteiger partial charge in [-0.05, 0) is 47.0 Å². The average Bonchev–Trinajstić information content (AvgIpc) is 2.96. The van der Waals surface area contributed by atoms with Gasteiger partial charge in [-0.25, -0.2) is 4.98 Å². The molecule has 0 aliphatic rings. The van der Waals surface area contributed by atoms with Crippen molar-refractivity contribution >= 4 is 38.9 Å². The molecule has 0 aliphatic carbocycles. The number of hydrogen-bond donors (Lipinski definition) is 1. The highest BCUT2D eigenvalue weighted by atomic mass is 79.9. The van der Waals surface area contributed by atoms with Crippen LogP contribution >= 0.6 is 15.9 Å². The highest BCUT2D eigenvalue weighted by Crippen LogP contribution is 2.28. The number of non-ortho nitro benzene ring substituents is 1. The molecule has 0 saturated heterocycles. The number of nitro benzene ring substituents is 1. The molecule has 3 aromatic rings. The van der Waals surface area contributed by atoms with Crippen molar-refractivity contribution in [1.82, 2.24) is 9.38 Å². The Morgan fingerprint density at radius 3 is 2.84 bits per heavy atom. The molecule has 7 nitrogen and oxygen atoms in total. The van der Waals surface area contributed by atoms with Gasteiger partial charge in [0, 0.05) is 22.8 Å². The van der Waals surface area contributed by atoms with Gasteiger partial charge < -0.3 is 5.32 Å². The van der Waals surface area contributed by atoms with Gasteiger partial charge in [0.2, 0.25) is 0 Å². The molecule has 0 unspecified atom stereocenters. The molecule has 3 rings (SSSR count). The maximum atomic E-state index is 12.9. The van der Waals surface area contributed by atoms with Crippen LogP contribution in [0.5, 0.6) is 0 Å². The summed E-state index contributed by atoms with van der Waals surface area (Å²) in [5.41, 5.74) is 3.04. The predicted octanol–water partition coefficient (Wildman–Crippen LogP) is 4.13. The summed E-state index contributed by atoms with van der Waals surface area (Å²) in [6.07, 6.45) is 2.38.